The summed E-state index contributed by atoms with van der Waals surface area (Å²) in [4.78, 5) is 11.4. The van der Waals surface area contributed by atoms with Crippen LogP contribution in [0.2, 0.25) is 0 Å². The second kappa shape index (κ2) is 5.69. The zero-order chi connectivity index (χ0) is 14.3. The number of fused-ring (bicyclic) bond motifs is 5. The highest BCUT2D eigenvalue weighted by atomic mass is 16.5. The summed E-state index contributed by atoms with van der Waals surface area (Å²) in [5, 5.41) is 0. The monoisotopic (exact) mass is 278 g/mol. The lowest BCUT2D eigenvalue weighted by molar-refractivity contribution is -0.141. The third kappa shape index (κ3) is 2.19. The van der Waals surface area contributed by atoms with E-state index in [4.69, 9.17) is 4.74 Å². The van der Waals surface area contributed by atoms with Gasteiger partial charge in [0.05, 0.1) is 7.11 Å². The Labute approximate surface area is 123 Å². The molecule has 3 aliphatic carbocycles. The molecule has 0 aromatic rings. The maximum atomic E-state index is 11.4. The largest absolute Gasteiger partial charge is 0.469 e. The number of hydrogen-bond donors (Lipinski definition) is 0. The summed E-state index contributed by atoms with van der Waals surface area (Å²) in [7, 11) is 1.51. The zero-order valence-electron chi connectivity index (χ0n) is 13.3. The zero-order valence-corrected chi connectivity index (χ0v) is 13.3. The standard InChI is InChI=1S/C18H30O2/c1-4-11-8-12(5-2)18-15-10-14(17(11)18)9-13(15)6-7-16(19)20-3/h11-15,17-18H,4-10H2,1-3H3. The number of esters is 1. The molecule has 0 aromatic carbocycles. The molecule has 2 bridgehead atoms. The Morgan fingerprint density at radius 3 is 2.35 bits per heavy atom. The molecule has 7 atom stereocenters. The fourth-order valence-corrected chi connectivity index (χ4v) is 6.27. The molecule has 0 amide bonds. The molecule has 3 rings (SSSR count). The Morgan fingerprint density at radius 1 is 1.00 bits per heavy atom. The first-order valence-electron chi connectivity index (χ1n) is 8.76. The van der Waals surface area contributed by atoms with E-state index in [9.17, 15) is 4.79 Å². The van der Waals surface area contributed by atoms with Gasteiger partial charge in [0.2, 0.25) is 0 Å². The molecule has 0 saturated heterocycles. The van der Waals surface area contributed by atoms with Crippen molar-refractivity contribution in [2.24, 2.45) is 41.4 Å². The van der Waals surface area contributed by atoms with Gasteiger partial charge < -0.3 is 4.74 Å². The highest BCUT2D eigenvalue weighted by molar-refractivity contribution is 5.69. The summed E-state index contributed by atoms with van der Waals surface area (Å²) in [6.07, 6.45) is 8.81. The van der Waals surface area contributed by atoms with Gasteiger partial charge in [-0.05, 0) is 67.1 Å². The molecule has 0 heterocycles. The second-order valence-electron chi connectivity index (χ2n) is 7.50. The van der Waals surface area contributed by atoms with E-state index in [1.165, 1.54) is 39.2 Å². The SMILES string of the molecule is CCC1CC(CC)C2C3CC(CC3CCC(=O)OC)C12. The Morgan fingerprint density at radius 2 is 1.70 bits per heavy atom. The third-order valence-corrected chi connectivity index (χ3v) is 6.96. The van der Waals surface area contributed by atoms with Gasteiger partial charge in [0.25, 0.3) is 0 Å². The topological polar surface area (TPSA) is 26.3 Å². The van der Waals surface area contributed by atoms with E-state index in [0.29, 0.717) is 6.42 Å². The Kier molecular flexibility index (Phi) is 4.10. The van der Waals surface area contributed by atoms with Gasteiger partial charge in [-0.25, -0.2) is 0 Å². The van der Waals surface area contributed by atoms with E-state index < -0.39 is 0 Å². The third-order valence-electron chi connectivity index (χ3n) is 6.96. The highest BCUT2D eigenvalue weighted by Crippen LogP contribution is 2.66. The molecule has 0 spiro atoms. The van der Waals surface area contributed by atoms with Crippen molar-refractivity contribution in [3.05, 3.63) is 0 Å². The van der Waals surface area contributed by atoms with Gasteiger partial charge in [0.1, 0.15) is 0 Å². The van der Waals surface area contributed by atoms with E-state index in [1.54, 1.807) is 0 Å². The van der Waals surface area contributed by atoms with Crippen LogP contribution in [0, 0.1) is 41.4 Å². The number of ether oxygens (including phenoxy) is 1. The lowest BCUT2D eigenvalue weighted by atomic mass is 9.69. The van der Waals surface area contributed by atoms with Crippen LogP contribution in [0.3, 0.4) is 0 Å². The molecule has 0 radical (unpaired) electrons. The molecule has 0 N–H and O–H groups in total. The molecule has 0 aliphatic heterocycles. The van der Waals surface area contributed by atoms with Gasteiger partial charge in [0.15, 0.2) is 0 Å². The van der Waals surface area contributed by atoms with Crippen LogP contribution in [0.15, 0.2) is 0 Å². The molecule has 114 valence electrons. The predicted octanol–water partition coefficient (Wildman–Crippen LogP) is 4.28. The average molecular weight is 278 g/mol. The van der Waals surface area contributed by atoms with Crippen molar-refractivity contribution < 1.29 is 9.53 Å². The van der Waals surface area contributed by atoms with Gasteiger partial charge in [-0.3, -0.25) is 4.79 Å². The Hall–Kier alpha value is -0.530. The molecule has 20 heavy (non-hydrogen) atoms. The highest BCUT2D eigenvalue weighted by Gasteiger charge is 2.59. The number of hydrogen-bond acceptors (Lipinski definition) is 2. The van der Waals surface area contributed by atoms with Crippen LogP contribution in [-0.2, 0) is 9.53 Å². The molecular weight excluding hydrogens is 248 g/mol. The first kappa shape index (κ1) is 14.4. The van der Waals surface area contributed by atoms with Crippen molar-refractivity contribution in [1.82, 2.24) is 0 Å². The Bertz CT molecular complexity index is 364. The molecule has 7 unspecified atom stereocenters. The van der Waals surface area contributed by atoms with Gasteiger partial charge in [0, 0.05) is 6.42 Å². The van der Waals surface area contributed by atoms with Crippen LogP contribution in [0.1, 0.15) is 58.8 Å². The smallest absolute Gasteiger partial charge is 0.305 e. The van der Waals surface area contributed by atoms with Gasteiger partial charge in [-0.15, -0.1) is 0 Å². The minimum Gasteiger partial charge on any atom is -0.469 e. The fourth-order valence-electron chi connectivity index (χ4n) is 6.27. The maximum Gasteiger partial charge on any atom is 0.305 e. The summed E-state index contributed by atoms with van der Waals surface area (Å²) in [6.45, 7) is 4.77. The summed E-state index contributed by atoms with van der Waals surface area (Å²) < 4.78 is 4.81. The van der Waals surface area contributed by atoms with Crippen LogP contribution >= 0.6 is 0 Å². The second-order valence-corrected chi connectivity index (χ2v) is 7.50. The molecule has 2 heteroatoms. The molecule has 3 aliphatic rings. The number of methoxy groups -OCH3 is 1. The average Bonchev–Trinajstić information content (AvgIpc) is 3.13. The molecule has 3 fully saturated rings. The molecule has 0 aromatic heterocycles. The fraction of sp³-hybridized carbons (Fsp3) is 0.944. The van der Waals surface area contributed by atoms with Crippen LogP contribution in [0.4, 0.5) is 0 Å². The maximum absolute atomic E-state index is 11.4. The van der Waals surface area contributed by atoms with Crippen molar-refractivity contribution in [2.45, 2.75) is 58.8 Å². The van der Waals surface area contributed by atoms with E-state index in [1.807, 2.05) is 0 Å². The van der Waals surface area contributed by atoms with Crippen molar-refractivity contribution >= 4 is 5.97 Å². The number of carbonyl (C=O) groups is 1. The summed E-state index contributed by atoms with van der Waals surface area (Å²) in [6, 6.07) is 0. The van der Waals surface area contributed by atoms with Gasteiger partial charge in [-0.2, -0.15) is 0 Å². The molecule has 2 nitrogen and oxygen atoms in total. The Balaban J connectivity index is 1.67. The van der Waals surface area contributed by atoms with Crippen molar-refractivity contribution in [2.75, 3.05) is 7.11 Å². The van der Waals surface area contributed by atoms with Crippen LogP contribution in [0.25, 0.3) is 0 Å². The number of rotatable bonds is 5. The summed E-state index contributed by atoms with van der Waals surface area (Å²) >= 11 is 0. The van der Waals surface area contributed by atoms with Crippen molar-refractivity contribution in [3.8, 4) is 0 Å². The normalized spacial score (nSPS) is 45.6. The van der Waals surface area contributed by atoms with Crippen LogP contribution in [-0.4, -0.2) is 13.1 Å². The van der Waals surface area contributed by atoms with Gasteiger partial charge >= 0.3 is 5.97 Å². The first-order chi connectivity index (χ1) is 9.69. The van der Waals surface area contributed by atoms with Crippen LogP contribution < -0.4 is 0 Å². The lowest BCUT2D eigenvalue weighted by Crippen LogP contribution is -2.30. The number of carbonyl (C=O) groups excluding carboxylic acids is 1. The molecular formula is C18H30O2. The van der Waals surface area contributed by atoms with Crippen molar-refractivity contribution in [1.29, 1.82) is 0 Å². The first-order valence-corrected chi connectivity index (χ1v) is 8.76. The lowest BCUT2D eigenvalue weighted by Gasteiger charge is -2.35. The molecule has 3 saturated carbocycles. The van der Waals surface area contributed by atoms with E-state index in [2.05, 4.69) is 13.8 Å². The van der Waals surface area contributed by atoms with Gasteiger partial charge in [-0.1, -0.05) is 26.7 Å². The van der Waals surface area contributed by atoms with E-state index in [-0.39, 0.29) is 5.97 Å². The summed E-state index contributed by atoms with van der Waals surface area (Å²) in [5.41, 5.74) is 0. The van der Waals surface area contributed by atoms with Crippen molar-refractivity contribution in [3.63, 3.8) is 0 Å². The minimum absolute atomic E-state index is 0.0192. The predicted molar refractivity (Wildman–Crippen MR) is 80.1 cm³/mol. The quantitative estimate of drug-likeness (QED) is 0.701. The minimum atomic E-state index is -0.0192. The van der Waals surface area contributed by atoms with E-state index >= 15 is 0 Å². The van der Waals surface area contributed by atoms with E-state index in [0.717, 1.165) is 47.8 Å². The van der Waals surface area contributed by atoms with Crippen LogP contribution in [0.5, 0.6) is 0 Å². The summed E-state index contributed by atoms with van der Waals surface area (Å²) in [5.74, 6) is 6.70.